The third kappa shape index (κ3) is 1.85. The summed E-state index contributed by atoms with van der Waals surface area (Å²) in [4.78, 5) is 4.01. The lowest BCUT2D eigenvalue weighted by Crippen LogP contribution is -2.18. The summed E-state index contributed by atoms with van der Waals surface area (Å²) in [5.41, 5.74) is -1.18. The van der Waals surface area contributed by atoms with E-state index in [9.17, 15) is 12.8 Å². The smallest absolute Gasteiger partial charge is 0.229 e. The maximum Gasteiger partial charge on any atom is 0.237 e. The number of aromatic nitrogens is 1. The van der Waals surface area contributed by atoms with E-state index in [1.807, 2.05) is 6.07 Å². The van der Waals surface area contributed by atoms with Gasteiger partial charge in [-0.1, -0.05) is 12.1 Å². The molecular weight excluding hydrogens is 261 g/mol. The molecule has 3 nitrogen and oxygen atoms in total. The molecule has 0 aliphatic heterocycles. The van der Waals surface area contributed by atoms with Crippen molar-refractivity contribution in [1.82, 2.24) is 4.98 Å². The highest BCUT2D eigenvalue weighted by atomic mass is 32.2. The molecular formula is C11H10FNO2S2. The Morgan fingerprint density at radius 2 is 2.06 bits per heavy atom. The van der Waals surface area contributed by atoms with Crippen LogP contribution in [0.1, 0.15) is 12.8 Å². The van der Waals surface area contributed by atoms with Crippen molar-refractivity contribution < 1.29 is 12.8 Å². The third-order valence-electron chi connectivity index (χ3n) is 2.81. The fourth-order valence-corrected chi connectivity index (χ4v) is 4.58. The maximum atomic E-state index is 13.8. The fourth-order valence-electron chi connectivity index (χ4n) is 1.68. The quantitative estimate of drug-likeness (QED) is 0.862. The van der Waals surface area contributed by atoms with Crippen molar-refractivity contribution >= 4 is 31.4 Å². The second kappa shape index (κ2) is 3.74. The molecule has 0 radical (unpaired) electrons. The number of thiazole rings is 1. The van der Waals surface area contributed by atoms with Gasteiger partial charge in [0.1, 0.15) is 0 Å². The molecule has 1 aromatic carbocycles. The molecule has 1 aromatic heterocycles. The van der Waals surface area contributed by atoms with Gasteiger partial charge in [-0.2, -0.15) is 0 Å². The Kier molecular flexibility index (Phi) is 2.45. The first-order valence-electron chi connectivity index (χ1n) is 5.32. The van der Waals surface area contributed by atoms with E-state index in [-0.39, 0.29) is 10.3 Å². The predicted molar refractivity (Wildman–Crippen MR) is 64.4 cm³/mol. The van der Waals surface area contributed by atoms with Crippen LogP contribution in [0.25, 0.3) is 10.2 Å². The molecule has 0 saturated heterocycles. The summed E-state index contributed by atoms with van der Waals surface area (Å²) in [5, 5.41) is 0. The minimum Gasteiger partial charge on any atom is -0.229 e. The van der Waals surface area contributed by atoms with E-state index in [4.69, 9.17) is 0 Å². The van der Waals surface area contributed by atoms with E-state index in [0.717, 1.165) is 16.0 Å². The van der Waals surface area contributed by atoms with E-state index in [1.54, 1.807) is 18.2 Å². The van der Waals surface area contributed by atoms with E-state index >= 15 is 0 Å². The van der Waals surface area contributed by atoms with Gasteiger partial charge in [-0.15, -0.1) is 11.3 Å². The summed E-state index contributed by atoms with van der Waals surface area (Å²) in [6.07, 6.45) is 1.32. The first kappa shape index (κ1) is 11.1. The first-order valence-corrected chi connectivity index (χ1v) is 7.69. The highest BCUT2D eigenvalue weighted by Crippen LogP contribution is 2.40. The van der Waals surface area contributed by atoms with Gasteiger partial charge in [-0.05, 0) is 25.0 Å². The highest BCUT2D eigenvalue weighted by Gasteiger charge is 2.42. The summed E-state index contributed by atoms with van der Waals surface area (Å²) in [7, 11) is -3.90. The first-order chi connectivity index (χ1) is 8.09. The zero-order valence-electron chi connectivity index (χ0n) is 8.84. The van der Waals surface area contributed by atoms with Gasteiger partial charge < -0.3 is 0 Å². The molecule has 0 N–H and O–H groups in total. The average molecular weight is 271 g/mol. The monoisotopic (exact) mass is 271 g/mol. The molecule has 1 unspecified atom stereocenters. The van der Waals surface area contributed by atoms with Crippen LogP contribution < -0.4 is 0 Å². The molecule has 17 heavy (non-hydrogen) atoms. The van der Waals surface area contributed by atoms with E-state index in [0.29, 0.717) is 18.4 Å². The molecule has 90 valence electrons. The molecule has 1 atom stereocenters. The van der Waals surface area contributed by atoms with E-state index in [2.05, 4.69) is 4.98 Å². The Balaban J connectivity index is 2.08. The van der Waals surface area contributed by atoms with Gasteiger partial charge in [-0.25, -0.2) is 17.8 Å². The largest absolute Gasteiger partial charge is 0.237 e. The lowest BCUT2D eigenvalue weighted by molar-refractivity contribution is 0.384. The number of hydrogen-bond donors (Lipinski definition) is 0. The van der Waals surface area contributed by atoms with Crippen molar-refractivity contribution in [3.8, 4) is 0 Å². The molecule has 1 aliphatic carbocycles. The van der Waals surface area contributed by atoms with Crippen LogP contribution in [0, 0.1) is 5.92 Å². The van der Waals surface area contributed by atoms with Crippen molar-refractivity contribution in [2.24, 2.45) is 5.92 Å². The number of alkyl halides is 1. The third-order valence-corrected chi connectivity index (χ3v) is 6.14. The topological polar surface area (TPSA) is 47.0 Å². The Bertz CT molecular complexity index is 628. The SMILES string of the molecule is O=S(=O)(c1nc2ccccc2s1)C(F)C1CC1. The number of hydrogen-bond acceptors (Lipinski definition) is 4. The second-order valence-corrected chi connectivity index (χ2v) is 7.40. The normalized spacial score (nSPS) is 18.4. The highest BCUT2D eigenvalue weighted by molar-refractivity contribution is 7.93. The minimum atomic E-state index is -3.90. The molecule has 1 saturated carbocycles. The number of para-hydroxylation sites is 1. The molecule has 1 heterocycles. The minimum absolute atomic E-state index is 0.0990. The molecule has 0 spiro atoms. The Labute approximate surface area is 102 Å². The van der Waals surface area contributed by atoms with Crippen LogP contribution in [-0.4, -0.2) is 18.9 Å². The van der Waals surface area contributed by atoms with Crippen molar-refractivity contribution in [3.05, 3.63) is 24.3 Å². The van der Waals surface area contributed by atoms with Crippen molar-refractivity contribution in [1.29, 1.82) is 0 Å². The lowest BCUT2D eigenvalue weighted by atomic mass is 10.3. The fraction of sp³-hybridized carbons (Fsp3) is 0.364. The van der Waals surface area contributed by atoms with E-state index < -0.39 is 15.3 Å². The Hall–Kier alpha value is -1.01. The van der Waals surface area contributed by atoms with Crippen molar-refractivity contribution in [2.45, 2.75) is 22.7 Å². The lowest BCUT2D eigenvalue weighted by Gasteiger charge is -2.04. The van der Waals surface area contributed by atoms with Crippen LogP contribution in [0.15, 0.2) is 28.6 Å². The molecule has 2 aromatic rings. The van der Waals surface area contributed by atoms with Crippen LogP contribution in [0.4, 0.5) is 4.39 Å². The molecule has 1 aliphatic rings. The molecule has 0 amide bonds. The number of fused-ring (bicyclic) bond motifs is 1. The standard InChI is InChI=1S/C11H10FNO2S2/c12-10(7-5-6-7)17(14,15)11-13-8-3-1-2-4-9(8)16-11/h1-4,7,10H,5-6H2. The van der Waals surface area contributed by atoms with Gasteiger partial charge in [0.05, 0.1) is 10.2 Å². The van der Waals surface area contributed by atoms with Gasteiger partial charge in [0.25, 0.3) is 0 Å². The number of sulfone groups is 1. The van der Waals surface area contributed by atoms with Crippen molar-refractivity contribution in [3.63, 3.8) is 0 Å². The zero-order valence-corrected chi connectivity index (χ0v) is 10.5. The van der Waals surface area contributed by atoms with Crippen LogP contribution in [0.2, 0.25) is 0 Å². The van der Waals surface area contributed by atoms with Gasteiger partial charge in [0.15, 0.2) is 0 Å². The van der Waals surface area contributed by atoms with Gasteiger partial charge in [0.2, 0.25) is 19.7 Å². The second-order valence-electron chi connectivity index (χ2n) is 4.18. The average Bonchev–Trinajstić information content (AvgIpc) is 3.06. The van der Waals surface area contributed by atoms with Crippen LogP contribution in [-0.2, 0) is 9.84 Å². The van der Waals surface area contributed by atoms with Gasteiger partial charge >= 0.3 is 0 Å². The summed E-state index contributed by atoms with van der Waals surface area (Å²) < 4.78 is 38.3. The summed E-state index contributed by atoms with van der Waals surface area (Å²) in [6.45, 7) is 0. The number of benzene rings is 1. The maximum absolute atomic E-state index is 13.8. The number of nitrogens with zero attached hydrogens (tertiary/aromatic N) is 1. The molecule has 1 fully saturated rings. The van der Waals surface area contributed by atoms with Crippen LogP contribution >= 0.6 is 11.3 Å². The number of rotatable bonds is 3. The Morgan fingerprint density at radius 1 is 1.35 bits per heavy atom. The summed E-state index contributed by atoms with van der Waals surface area (Å²) in [6, 6.07) is 7.11. The van der Waals surface area contributed by atoms with Crippen LogP contribution in [0.5, 0.6) is 0 Å². The molecule has 3 rings (SSSR count). The summed E-state index contributed by atoms with van der Waals surface area (Å²) in [5.74, 6) is -0.327. The van der Waals surface area contributed by atoms with Gasteiger partial charge in [0, 0.05) is 5.92 Å². The zero-order chi connectivity index (χ0) is 12.0. The van der Waals surface area contributed by atoms with Crippen LogP contribution in [0.3, 0.4) is 0 Å². The Morgan fingerprint density at radius 3 is 2.71 bits per heavy atom. The van der Waals surface area contributed by atoms with Gasteiger partial charge in [-0.3, -0.25) is 0 Å². The van der Waals surface area contributed by atoms with E-state index in [1.165, 1.54) is 0 Å². The van der Waals surface area contributed by atoms with Crippen molar-refractivity contribution in [2.75, 3.05) is 0 Å². The number of halogens is 1. The molecule has 6 heteroatoms. The molecule has 0 bridgehead atoms. The predicted octanol–water partition coefficient (Wildman–Crippen LogP) is 2.78. The summed E-state index contributed by atoms with van der Waals surface area (Å²) >= 11 is 1.04.